The first-order chi connectivity index (χ1) is 8.60. The number of hydrogen-bond donors (Lipinski definition) is 1. The third-order valence-electron chi connectivity index (χ3n) is 3.30. The van der Waals surface area contributed by atoms with Gasteiger partial charge in [0.25, 0.3) is 6.71 Å². The number of aliphatic hydroxyl groups excluding tert-OH is 1. The Morgan fingerprint density at radius 1 is 1.67 bits per heavy atom. The van der Waals surface area contributed by atoms with Crippen LogP contribution in [0.15, 0.2) is 29.4 Å². The van der Waals surface area contributed by atoms with Gasteiger partial charge in [-0.1, -0.05) is 38.6 Å². The van der Waals surface area contributed by atoms with Gasteiger partial charge in [0.05, 0.1) is 11.8 Å². The molecule has 4 heteroatoms. The molecule has 1 atom stereocenters. The molecule has 1 fully saturated rings. The molecule has 0 aliphatic carbocycles. The second-order valence-corrected chi connectivity index (χ2v) is 4.97. The Morgan fingerprint density at radius 3 is 2.83 bits per heavy atom. The zero-order chi connectivity index (χ0) is 13.5. The molecule has 0 spiro atoms. The molecule has 0 aromatic carbocycles. The molecule has 96 valence electrons. The molecule has 18 heavy (non-hydrogen) atoms. The van der Waals surface area contributed by atoms with Crippen LogP contribution in [0.3, 0.4) is 0 Å². The maximum atomic E-state index is 10.2. The lowest BCUT2D eigenvalue weighted by molar-refractivity contribution is 0.181. The number of nitriles is 1. The SMILES string of the molecule is C=C(C)C(=N/C=C\CCC)C(O)C1CB(C#N)C1. The number of rotatable bonds is 6. The van der Waals surface area contributed by atoms with Crippen molar-refractivity contribution in [3.63, 3.8) is 0 Å². The smallest absolute Gasteiger partial charge is 0.268 e. The minimum Gasteiger partial charge on any atom is -0.387 e. The minimum absolute atomic E-state index is 0.103. The molecule has 1 rings (SSSR count). The van der Waals surface area contributed by atoms with E-state index in [1.165, 1.54) is 0 Å². The van der Waals surface area contributed by atoms with Crippen LogP contribution >= 0.6 is 0 Å². The van der Waals surface area contributed by atoms with Crippen LogP contribution in [0, 0.1) is 17.1 Å². The van der Waals surface area contributed by atoms with Crippen LogP contribution in [0.25, 0.3) is 0 Å². The van der Waals surface area contributed by atoms with E-state index in [0.29, 0.717) is 5.71 Å². The molecule has 1 aliphatic heterocycles. The van der Waals surface area contributed by atoms with Crippen molar-refractivity contribution in [2.75, 3.05) is 0 Å². The second kappa shape index (κ2) is 7.18. The normalized spacial score (nSPS) is 18.6. The molecule has 1 heterocycles. The molecule has 1 unspecified atom stereocenters. The predicted molar refractivity (Wildman–Crippen MR) is 76.8 cm³/mol. The van der Waals surface area contributed by atoms with Gasteiger partial charge in [-0.3, -0.25) is 4.99 Å². The van der Waals surface area contributed by atoms with Gasteiger partial charge in [-0.05, 0) is 24.8 Å². The molecule has 0 amide bonds. The summed E-state index contributed by atoms with van der Waals surface area (Å²) in [5.41, 5.74) is 1.45. The highest BCUT2D eigenvalue weighted by molar-refractivity contribution is 6.69. The van der Waals surface area contributed by atoms with Crippen LogP contribution in [-0.4, -0.2) is 23.6 Å². The Balaban J connectivity index is 2.62. The monoisotopic (exact) mass is 244 g/mol. The first kappa shape index (κ1) is 14.7. The molecule has 3 nitrogen and oxygen atoms in total. The number of aliphatic imine (C=N–C) groups is 1. The fourth-order valence-electron chi connectivity index (χ4n) is 2.06. The maximum Gasteiger partial charge on any atom is 0.268 e. The zero-order valence-electron chi connectivity index (χ0n) is 11.3. The third-order valence-corrected chi connectivity index (χ3v) is 3.30. The maximum absolute atomic E-state index is 10.2. The quantitative estimate of drug-likeness (QED) is 0.577. The standard InChI is InChI=1S/C14H21BN2O/c1-4-5-6-7-17-13(11(2)3)14(18)12-8-15(9-12)10-16/h6-7,12,14,18H,2,4-5,8-9H2,1,3H3/b7-6-,17-13?. The van der Waals surface area contributed by atoms with Gasteiger partial charge in [0.1, 0.15) is 0 Å². The van der Waals surface area contributed by atoms with Gasteiger partial charge in [0.2, 0.25) is 0 Å². The lowest BCUT2D eigenvalue weighted by atomic mass is 9.32. The van der Waals surface area contributed by atoms with E-state index in [0.717, 1.165) is 31.1 Å². The molecule has 0 bridgehead atoms. The third kappa shape index (κ3) is 3.85. The van der Waals surface area contributed by atoms with Crippen LogP contribution in [0.1, 0.15) is 26.7 Å². The Morgan fingerprint density at radius 2 is 2.33 bits per heavy atom. The summed E-state index contributed by atoms with van der Waals surface area (Å²) in [4.78, 5) is 4.32. The van der Waals surface area contributed by atoms with Crippen LogP contribution in [-0.2, 0) is 0 Å². The highest BCUT2D eigenvalue weighted by Crippen LogP contribution is 2.32. The Bertz CT molecular complexity index is 389. The summed E-state index contributed by atoms with van der Waals surface area (Å²) in [6, 6.07) is 0. The fourth-order valence-corrected chi connectivity index (χ4v) is 2.06. The largest absolute Gasteiger partial charge is 0.387 e. The molecule has 1 saturated heterocycles. The van der Waals surface area contributed by atoms with Crippen molar-refractivity contribution in [3.05, 3.63) is 24.4 Å². The molecule has 0 aromatic heterocycles. The van der Waals surface area contributed by atoms with Gasteiger partial charge in [-0.15, -0.1) is 0 Å². The molecular weight excluding hydrogens is 223 g/mol. The number of hydrogen-bond acceptors (Lipinski definition) is 3. The molecule has 0 saturated carbocycles. The average molecular weight is 244 g/mol. The molecule has 1 aliphatic rings. The summed E-state index contributed by atoms with van der Waals surface area (Å²) in [5, 5.41) is 19.0. The summed E-state index contributed by atoms with van der Waals surface area (Å²) in [6.07, 6.45) is 6.77. The molecule has 1 N–H and O–H groups in total. The zero-order valence-corrected chi connectivity index (χ0v) is 11.3. The molecular formula is C14H21BN2O. The van der Waals surface area contributed by atoms with Crippen molar-refractivity contribution < 1.29 is 5.11 Å². The minimum atomic E-state index is -0.585. The summed E-state index contributed by atoms with van der Waals surface area (Å²) in [6.45, 7) is 7.94. The summed E-state index contributed by atoms with van der Waals surface area (Å²) in [7, 11) is 0. The van der Waals surface area contributed by atoms with Crippen molar-refractivity contribution in [1.82, 2.24) is 0 Å². The van der Waals surface area contributed by atoms with Crippen molar-refractivity contribution in [2.45, 2.75) is 45.4 Å². The van der Waals surface area contributed by atoms with Crippen molar-refractivity contribution in [2.24, 2.45) is 10.9 Å². The Labute approximate surface area is 110 Å². The van der Waals surface area contributed by atoms with Crippen LogP contribution in [0.2, 0.25) is 12.6 Å². The van der Waals surface area contributed by atoms with E-state index in [9.17, 15) is 5.11 Å². The summed E-state index contributed by atoms with van der Waals surface area (Å²) in [5.74, 6) is 2.38. The number of aliphatic hydroxyl groups is 1. The predicted octanol–water partition coefficient (Wildman–Crippen LogP) is 2.87. The van der Waals surface area contributed by atoms with E-state index in [1.54, 1.807) is 6.20 Å². The van der Waals surface area contributed by atoms with Crippen LogP contribution in [0.4, 0.5) is 0 Å². The van der Waals surface area contributed by atoms with E-state index < -0.39 is 6.10 Å². The van der Waals surface area contributed by atoms with Crippen molar-refractivity contribution in [1.29, 1.82) is 5.26 Å². The average Bonchev–Trinajstić information content (AvgIpc) is 2.27. The molecule has 0 aromatic rings. The van der Waals surface area contributed by atoms with E-state index >= 15 is 0 Å². The van der Waals surface area contributed by atoms with Gasteiger partial charge < -0.3 is 5.11 Å². The second-order valence-electron chi connectivity index (χ2n) is 4.97. The summed E-state index contributed by atoms with van der Waals surface area (Å²) >= 11 is 0. The van der Waals surface area contributed by atoms with E-state index in [1.807, 2.05) is 13.0 Å². The van der Waals surface area contributed by atoms with E-state index in [2.05, 4.69) is 24.5 Å². The lowest BCUT2D eigenvalue weighted by Gasteiger charge is -2.33. The Hall–Kier alpha value is -1.34. The van der Waals surface area contributed by atoms with Gasteiger partial charge >= 0.3 is 0 Å². The highest BCUT2D eigenvalue weighted by Gasteiger charge is 2.39. The van der Waals surface area contributed by atoms with Gasteiger partial charge in [-0.2, -0.15) is 0 Å². The van der Waals surface area contributed by atoms with Crippen LogP contribution in [0.5, 0.6) is 0 Å². The first-order valence-electron chi connectivity index (χ1n) is 6.56. The van der Waals surface area contributed by atoms with E-state index in [-0.39, 0.29) is 12.6 Å². The van der Waals surface area contributed by atoms with Gasteiger partial charge in [0.15, 0.2) is 0 Å². The van der Waals surface area contributed by atoms with Crippen molar-refractivity contribution in [3.8, 4) is 5.97 Å². The van der Waals surface area contributed by atoms with E-state index in [4.69, 9.17) is 5.26 Å². The van der Waals surface area contributed by atoms with Crippen molar-refractivity contribution >= 4 is 12.4 Å². The number of nitrogens with zero attached hydrogens (tertiary/aromatic N) is 2. The Kier molecular flexibility index (Phi) is 5.87. The number of unbranched alkanes of at least 4 members (excludes halogenated alkanes) is 1. The first-order valence-corrected chi connectivity index (χ1v) is 6.56. The van der Waals surface area contributed by atoms with Gasteiger partial charge in [-0.25, -0.2) is 5.26 Å². The highest BCUT2D eigenvalue weighted by atomic mass is 16.3. The fraction of sp³-hybridized carbons (Fsp3) is 0.571. The molecule has 0 radical (unpaired) electrons. The topological polar surface area (TPSA) is 56.4 Å². The van der Waals surface area contributed by atoms with Crippen LogP contribution < -0.4 is 0 Å². The van der Waals surface area contributed by atoms with Gasteiger partial charge in [0, 0.05) is 12.2 Å². The summed E-state index contributed by atoms with van der Waals surface area (Å²) < 4.78 is 0. The lowest BCUT2D eigenvalue weighted by Crippen LogP contribution is -2.42. The number of allylic oxidation sites excluding steroid dienone is 1.